The standard InChI is InChI=1S/C17H18ClN3O4S2/c18-10-16(22)20-7-8-21(27(24,25)14-6-9-26-12-14)15(11-20)17(23)19-13-4-2-1-3-5-13/h1-6,9,12,15H,7-8,10-11H2,(H,19,23)/t15-/m0/s1. The van der Waals surface area contributed by atoms with Crippen molar-refractivity contribution in [1.29, 1.82) is 0 Å². The predicted octanol–water partition coefficient (Wildman–Crippen LogP) is 1.83. The maximum Gasteiger partial charge on any atom is 0.244 e. The Balaban J connectivity index is 1.89. The summed E-state index contributed by atoms with van der Waals surface area (Å²) >= 11 is 6.89. The molecule has 1 aromatic carbocycles. The number of hydrogen-bond acceptors (Lipinski definition) is 5. The molecule has 0 radical (unpaired) electrons. The largest absolute Gasteiger partial charge is 0.338 e. The molecule has 0 unspecified atom stereocenters. The molecule has 1 N–H and O–H groups in total. The molecule has 0 aliphatic carbocycles. The Bertz CT molecular complexity index is 904. The fourth-order valence-corrected chi connectivity index (χ4v) is 5.61. The van der Waals surface area contributed by atoms with Crippen LogP contribution in [0.3, 0.4) is 0 Å². The van der Waals surface area contributed by atoms with E-state index in [0.29, 0.717) is 5.69 Å². The van der Waals surface area contributed by atoms with Crippen molar-refractivity contribution in [1.82, 2.24) is 9.21 Å². The fraction of sp³-hybridized carbons (Fsp3) is 0.294. The molecule has 0 saturated carbocycles. The number of halogens is 1. The molecule has 2 aromatic rings. The monoisotopic (exact) mass is 427 g/mol. The highest BCUT2D eigenvalue weighted by atomic mass is 35.5. The molecule has 27 heavy (non-hydrogen) atoms. The molecule has 1 aliphatic rings. The van der Waals surface area contributed by atoms with Gasteiger partial charge in [0.2, 0.25) is 21.8 Å². The molecule has 3 rings (SSSR count). The second-order valence-corrected chi connectivity index (χ2v) is 8.86. The van der Waals surface area contributed by atoms with Gasteiger partial charge in [-0.25, -0.2) is 8.42 Å². The highest BCUT2D eigenvalue weighted by Crippen LogP contribution is 2.24. The Hall–Kier alpha value is -1.94. The third kappa shape index (κ3) is 4.32. The smallest absolute Gasteiger partial charge is 0.244 e. The molecule has 1 atom stereocenters. The molecule has 7 nitrogen and oxygen atoms in total. The fourth-order valence-electron chi connectivity index (χ4n) is 2.86. The zero-order valence-electron chi connectivity index (χ0n) is 14.2. The van der Waals surface area contributed by atoms with Gasteiger partial charge in [0.25, 0.3) is 0 Å². The van der Waals surface area contributed by atoms with Crippen LogP contribution < -0.4 is 5.32 Å². The van der Waals surface area contributed by atoms with E-state index in [4.69, 9.17) is 11.6 Å². The molecule has 0 bridgehead atoms. The summed E-state index contributed by atoms with van der Waals surface area (Å²) < 4.78 is 27.1. The number of rotatable bonds is 5. The van der Waals surface area contributed by atoms with E-state index in [0.717, 1.165) is 4.31 Å². The SMILES string of the molecule is O=C(Nc1ccccc1)[C@@H]1CN(C(=O)CCl)CCN1S(=O)(=O)c1ccsc1. The van der Waals surface area contributed by atoms with Crippen molar-refractivity contribution in [3.8, 4) is 0 Å². The number of thiophene rings is 1. The molecule has 2 heterocycles. The van der Waals surface area contributed by atoms with Crippen LogP contribution in [0, 0.1) is 0 Å². The lowest BCUT2D eigenvalue weighted by Gasteiger charge is -2.39. The Morgan fingerprint density at radius 3 is 2.56 bits per heavy atom. The lowest BCUT2D eigenvalue weighted by molar-refractivity contribution is -0.132. The summed E-state index contributed by atoms with van der Waals surface area (Å²) in [4.78, 5) is 26.4. The molecule has 0 spiro atoms. The summed E-state index contributed by atoms with van der Waals surface area (Å²) in [6.45, 7) is 0.158. The maximum atomic E-state index is 13.0. The van der Waals surface area contributed by atoms with Crippen LogP contribution in [-0.2, 0) is 19.6 Å². The van der Waals surface area contributed by atoms with Gasteiger partial charge in [0.15, 0.2) is 0 Å². The topological polar surface area (TPSA) is 86.8 Å². The minimum absolute atomic E-state index is 0.0215. The average molecular weight is 428 g/mol. The van der Waals surface area contributed by atoms with E-state index in [-0.39, 0.29) is 36.3 Å². The van der Waals surface area contributed by atoms with Crippen LogP contribution in [0.25, 0.3) is 0 Å². The first-order valence-corrected chi connectivity index (χ1v) is 11.1. The van der Waals surface area contributed by atoms with Crippen molar-refractivity contribution in [3.05, 3.63) is 47.2 Å². The van der Waals surface area contributed by atoms with Crippen LogP contribution in [0.5, 0.6) is 0 Å². The zero-order chi connectivity index (χ0) is 19.4. The summed E-state index contributed by atoms with van der Waals surface area (Å²) in [6.07, 6.45) is 0. The number of carbonyl (C=O) groups is 2. The number of piperazine rings is 1. The van der Waals surface area contributed by atoms with Crippen molar-refractivity contribution in [3.63, 3.8) is 0 Å². The minimum atomic E-state index is -3.85. The van der Waals surface area contributed by atoms with Gasteiger partial charge in [0, 0.05) is 30.7 Å². The second-order valence-electron chi connectivity index (χ2n) is 5.92. The normalized spacial score (nSPS) is 18.3. The molecule has 1 aromatic heterocycles. The molecule has 1 fully saturated rings. The quantitative estimate of drug-likeness (QED) is 0.737. The minimum Gasteiger partial charge on any atom is -0.338 e. The number of alkyl halides is 1. The molecule has 1 saturated heterocycles. The Morgan fingerprint density at radius 1 is 1.19 bits per heavy atom. The number of para-hydroxylation sites is 1. The highest BCUT2D eigenvalue weighted by molar-refractivity contribution is 7.89. The van der Waals surface area contributed by atoms with Gasteiger partial charge in [-0.05, 0) is 23.6 Å². The number of anilines is 1. The summed E-state index contributed by atoms with van der Waals surface area (Å²) in [5, 5.41) is 5.91. The van der Waals surface area contributed by atoms with Gasteiger partial charge in [-0.1, -0.05) is 18.2 Å². The lowest BCUT2D eigenvalue weighted by Crippen LogP contribution is -2.60. The van der Waals surface area contributed by atoms with E-state index in [1.54, 1.807) is 29.6 Å². The van der Waals surface area contributed by atoms with Gasteiger partial charge in [-0.2, -0.15) is 15.6 Å². The number of nitrogens with zero attached hydrogens (tertiary/aromatic N) is 2. The molecular formula is C17H18ClN3O4S2. The number of nitrogens with one attached hydrogen (secondary N) is 1. The van der Waals surface area contributed by atoms with E-state index in [1.165, 1.54) is 27.7 Å². The van der Waals surface area contributed by atoms with Crippen molar-refractivity contribution in [2.24, 2.45) is 0 Å². The Kier molecular flexibility index (Phi) is 6.15. The predicted molar refractivity (Wildman–Crippen MR) is 104 cm³/mol. The van der Waals surface area contributed by atoms with Gasteiger partial charge in [0.05, 0.1) is 4.90 Å². The van der Waals surface area contributed by atoms with Gasteiger partial charge in [-0.15, -0.1) is 11.6 Å². The molecular weight excluding hydrogens is 410 g/mol. The number of amides is 2. The number of hydrogen-bond donors (Lipinski definition) is 1. The summed E-state index contributed by atoms with van der Waals surface area (Å²) in [7, 11) is -3.85. The van der Waals surface area contributed by atoms with Crippen molar-refractivity contribution in [2.45, 2.75) is 10.9 Å². The third-order valence-electron chi connectivity index (χ3n) is 4.24. The van der Waals surface area contributed by atoms with Crippen LogP contribution >= 0.6 is 22.9 Å². The van der Waals surface area contributed by atoms with Crippen LogP contribution in [-0.4, -0.2) is 61.0 Å². The number of sulfonamides is 1. The van der Waals surface area contributed by atoms with Gasteiger partial charge < -0.3 is 10.2 Å². The van der Waals surface area contributed by atoms with Gasteiger partial charge >= 0.3 is 0 Å². The van der Waals surface area contributed by atoms with Gasteiger partial charge in [-0.3, -0.25) is 9.59 Å². The average Bonchev–Trinajstić information content (AvgIpc) is 3.23. The number of benzene rings is 1. The second kappa shape index (κ2) is 8.39. The zero-order valence-corrected chi connectivity index (χ0v) is 16.6. The summed E-state index contributed by atoms with van der Waals surface area (Å²) in [5.41, 5.74) is 0.552. The molecule has 10 heteroatoms. The van der Waals surface area contributed by atoms with E-state index in [2.05, 4.69) is 5.32 Å². The van der Waals surface area contributed by atoms with Crippen LogP contribution in [0.15, 0.2) is 52.1 Å². The van der Waals surface area contributed by atoms with E-state index in [9.17, 15) is 18.0 Å². The van der Waals surface area contributed by atoms with E-state index >= 15 is 0 Å². The Labute approximate surface area is 166 Å². The number of carbonyl (C=O) groups excluding carboxylic acids is 2. The van der Waals surface area contributed by atoms with E-state index < -0.39 is 22.0 Å². The molecule has 1 aliphatic heterocycles. The highest BCUT2D eigenvalue weighted by Gasteiger charge is 2.41. The lowest BCUT2D eigenvalue weighted by atomic mass is 10.2. The summed E-state index contributed by atoms with van der Waals surface area (Å²) in [6, 6.07) is 9.21. The van der Waals surface area contributed by atoms with Crippen LogP contribution in [0.2, 0.25) is 0 Å². The molecule has 144 valence electrons. The first-order chi connectivity index (χ1) is 12.9. The molecule has 2 amide bonds. The first-order valence-electron chi connectivity index (χ1n) is 8.17. The van der Waals surface area contributed by atoms with E-state index in [1.807, 2.05) is 6.07 Å². The Morgan fingerprint density at radius 2 is 1.93 bits per heavy atom. The maximum absolute atomic E-state index is 13.0. The van der Waals surface area contributed by atoms with Crippen LogP contribution in [0.4, 0.5) is 5.69 Å². The van der Waals surface area contributed by atoms with Crippen LogP contribution in [0.1, 0.15) is 0 Å². The van der Waals surface area contributed by atoms with Crippen molar-refractivity contribution in [2.75, 3.05) is 30.8 Å². The summed E-state index contributed by atoms with van der Waals surface area (Å²) in [5.74, 6) is -1.04. The van der Waals surface area contributed by atoms with Gasteiger partial charge in [0.1, 0.15) is 11.9 Å². The van der Waals surface area contributed by atoms with Crippen molar-refractivity contribution < 1.29 is 18.0 Å². The third-order valence-corrected chi connectivity index (χ3v) is 7.21. The van der Waals surface area contributed by atoms with Crippen molar-refractivity contribution >= 4 is 50.5 Å². The first kappa shape index (κ1) is 19.8.